The summed E-state index contributed by atoms with van der Waals surface area (Å²) in [6.45, 7) is 2.53. The Bertz CT molecular complexity index is 437. The van der Waals surface area contributed by atoms with Crippen LogP contribution in [0.4, 0.5) is 4.79 Å². The first-order chi connectivity index (χ1) is 10.2. The summed E-state index contributed by atoms with van der Waals surface area (Å²) in [6.07, 6.45) is 3.56. The highest BCUT2D eigenvalue weighted by atomic mass is 16.2. The molecule has 1 atom stereocenters. The smallest absolute Gasteiger partial charge is 0.329 e. The van der Waals surface area contributed by atoms with E-state index in [0.29, 0.717) is 13.0 Å². The van der Waals surface area contributed by atoms with Crippen LogP contribution < -0.4 is 21.9 Å². The number of urea groups is 1. The molecule has 0 aliphatic rings. The molecule has 6 heteroatoms. The van der Waals surface area contributed by atoms with E-state index in [1.54, 1.807) is 0 Å². The zero-order valence-corrected chi connectivity index (χ0v) is 12.4. The SMILES string of the molecule is CCCCCC(NC(=O)NN)C(=O)NCc1ccccc1. The van der Waals surface area contributed by atoms with Crippen LogP contribution in [0, 0.1) is 0 Å². The maximum Gasteiger partial charge on any atom is 0.329 e. The second kappa shape index (κ2) is 9.77. The monoisotopic (exact) mass is 292 g/mol. The van der Waals surface area contributed by atoms with E-state index in [1.807, 2.05) is 35.8 Å². The molecule has 0 radical (unpaired) electrons. The topological polar surface area (TPSA) is 96.2 Å². The van der Waals surface area contributed by atoms with Gasteiger partial charge in [0.05, 0.1) is 0 Å². The third-order valence-corrected chi connectivity index (χ3v) is 3.16. The number of hydrogen-bond acceptors (Lipinski definition) is 3. The van der Waals surface area contributed by atoms with Crippen molar-refractivity contribution in [3.63, 3.8) is 0 Å². The number of unbranched alkanes of at least 4 members (excludes halogenated alkanes) is 2. The summed E-state index contributed by atoms with van der Waals surface area (Å²) in [5.74, 6) is 4.85. The number of rotatable bonds is 8. The van der Waals surface area contributed by atoms with Gasteiger partial charge in [-0.25, -0.2) is 10.6 Å². The fourth-order valence-corrected chi connectivity index (χ4v) is 1.98. The molecule has 1 aromatic rings. The molecule has 5 N–H and O–H groups in total. The molecule has 1 aromatic carbocycles. The van der Waals surface area contributed by atoms with E-state index >= 15 is 0 Å². The number of amides is 3. The van der Waals surface area contributed by atoms with E-state index in [2.05, 4.69) is 17.6 Å². The molecule has 0 aliphatic heterocycles. The van der Waals surface area contributed by atoms with Gasteiger partial charge in [0.25, 0.3) is 0 Å². The minimum Gasteiger partial charge on any atom is -0.350 e. The van der Waals surface area contributed by atoms with Crippen LogP contribution in [0.3, 0.4) is 0 Å². The molecule has 0 aromatic heterocycles. The van der Waals surface area contributed by atoms with Gasteiger partial charge in [0.2, 0.25) is 5.91 Å². The standard InChI is InChI=1S/C15H24N4O2/c1-2-3-5-10-13(18-15(21)19-16)14(20)17-11-12-8-6-4-7-9-12/h4,6-9,13H,2-3,5,10-11,16H2,1H3,(H,17,20)(H2,18,19,21). The second-order valence-electron chi connectivity index (χ2n) is 4.87. The van der Waals surface area contributed by atoms with Gasteiger partial charge < -0.3 is 10.6 Å². The van der Waals surface area contributed by atoms with Crippen LogP contribution in [0.5, 0.6) is 0 Å². The summed E-state index contributed by atoms with van der Waals surface area (Å²) in [4.78, 5) is 23.5. The van der Waals surface area contributed by atoms with Gasteiger partial charge in [-0.2, -0.15) is 0 Å². The predicted molar refractivity (Wildman–Crippen MR) is 82.1 cm³/mol. The molecular weight excluding hydrogens is 268 g/mol. The van der Waals surface area contributed by atoms with E-state index in [-0.39, 0.29) is 5.91 Å². The molecule has 0 spiro atoms. The largest absolute Gasteiger partial charge is 0.350 e. The lowest BCUT2D eigenvalue weighted by Gasteiger charge is -2.18. The molecule has 3 amide bonds. The van der Waals surface area contributed by atoms with Gasteiger partial charge in [0.1, 0.15) is 6.04 Å². The minimum absolute atomic E-state index is 0.196. The lowest BCUT2D eigenvalue weighted by Crippen LogP contribution is -2.51. The molecule has 21 heavy (non-hydrogen) atoms. The van der Waals surface area contributed by atoms with Crippen molar-refractivity contribution < 1.29 is 9.59 Å². The van der Waals surface area contributed by atoms with E-state index in [1.165, 1.54) is 0 Å². The van der Waals surface area contributed by atoms with E-state index in [9.17, 15) is 9.59 Å². The Kier molecular flexibility index (Phi) is 7.89. The molecule has 0 saturated carbocycles. The average Bonchev–Trinajstić information content (AvgIpc) is 2.52. The zero-order chi connectivity index (χ0) is 15.5. The van der Waals surface area contributed by atoms with Crippen LogP contribution >= 0.6 is 0 Å². The summed E-state index contributed by atoms with van der Waals surface area (Å²) in [7, 11) is 0. The van der Waals surface area contributed by atoms with E-state index in [0.717, 1.165) is 24.8 Å². The third kappa shape index (κ3) is 6.76. The van der Waals surface area contributed by atoms with Crippen LogP contribution in [0.1, 0.15) is 38.2 Å². The number of nitrogens with one attached hydrogen (secondary N) is 3. The first kappa shape index (κ1) is 17.0. The Morgan fingerprint density at radius 1 is 1.19 bits per heavy atom. The molecule has 1 unspecified atom stereocenters. The molecule has 1 rings (SSSR count). The number of carbonyl (C=O) groups excluding carboxylic acids is 2. The molecule has 0 heterocycles. The van der Waals surface area contributed by atoms with Gasteiger partial charge >= 0.3 is 6.03 Å². The van der Waals surface area contributed by atoms with Crippen molar-refractivity contribution in [3.8, 4) is 0 Å². The molecular formula is C15H24N4O2. The van der Waals surface area contributed by atoms with Gasteiger partial charge in [0.15, 0.2) is 0 Å². The van der Waals surface area contributed by atoms with Crippen molar-refractivity contribution in [3.05, 3.63) is 35.9 Å². The van der Waals surface area contributed by atoms with Crippen LogP contribution in [0.2, 0.25) is 0 Å². The highest BCUT2D eigenvalue weighted by molar-refractivity contribution is 5.86. The Balaban J connectivity index is 2.50. The lowest BCUT2D eigenvalue weighted by molar-refractivity contribution is -0.123. The Labute approximate surface area is 125 Å². The highest BCUT2D eigenvalue weighted by Gasteiger charge is 2.19. The summed E-state index contributed by atoms with van der Waals surface area (Å²) < 4.78 is 0. The fourth-order valence-electron chi connectivity index (χ4n) is 1.98. The quantitative estimate of drug-likeness (QED) is 0.252. The first-order valence-electron chi connectivity index (χ1n) is 7.26. The highest BCUT2D eigenvalue weighted by Crippen LogP contribution is 2.05. The summed E-state index contributed by atoms with van der Waals surface area (Å²) >= 11 is 0. The predicted octanol–water partition coefficient (Wildman–Crippen LogP) is 1.42. The molecule has 0 fully saturated rings. The van der Waals surface area contributed by atoms with Gasteiger partial charge in [-0.15, -0.1) is 0 Å². The lowest BCUT2D eigenvalue weighted by atomic mass is 10.1. The summed E-state index contributed by atoms with van der Waals surface area (Å²) in [5.41, 5.74) is 3.00. The Morgan fingerprint density at radius 2 is 1.90 bits per heavy atom. The third-order valence-electron chi connectivity index (χ3n) is 3.16. The molecule has 0 bridgehead atoms. The first-order valence-corrected chi connectivity index (χ1v) is 7.26. The van der Waals surface area contributed by atoms with Gasteiger partial charge in [-0.3, -0.25) is 10.2 Å². The van der Waals surface area contributed by atoms with Crippen molar-refractivity contribution in [1.82, 2.24) is 16.1 Å². The summed E-state index contributed by atoms with van der Waals surface area (Å²) in [5, 5.41) is 5.41. The van der Waals surface area contributed by atoms with Crippen LogP contribution in [-0.2, 0) is 11.3 Å². The normalized spacial score (nSPS) is 11.5. The van der Waals surface area contributed by atoms with Crippen molar-refractivity contribution in [2.75, 3.05) is 0 Å². The van der Waals surface area contributed by atoms with E-state index < -0.39 is 12.1 Å². The number of nitrogens with two attached hydrogens (primary N) is 1. The maximum atomic E-state index is 12.2. The van der Waals surface area contributed by atoms with Gasteiger partial charge in [-0.1, -0.05) is 56.5 Å². The van der Waals surface area contributed by atoms with Crippen molar-refractivity contribution in [1.29, 1.82) is 0 Å². The summed E-state index contributed by atoms with van der Waals surface area (Å²) in [6, 6.07) is 8.51. The van der Waals surface area contributed by atoms with Crippen LogP contribution in [0.25, 0.3) is 0 Å². The molecule has 6 nitrogen and oxygen atoms in total. The zero-order valence-electron chi connectivity index (χ0n) is 12.4. The number of carbonyl (C=O) groups is 2. The fraction of sp³-hybridized carbons (Fsp3) is 0.467. The van der Waals surface area contributed by atoms with Crippen molar-refractivity contribution >= 4 is 11.9 Å². The Morgan fingerprint density at radius 3 is 2.52 bits per heavy atom. The van der Waals surface area contributed by atoms with Gasteiger partial charge in [-0.05, 0) is 12.0 Å². The Hall–Kier alpha value is -2.08. The van der Waals surface area contributed by atoms with Crippen LogP contribution in [-0.4, -0.2) is 18.0 Å². The van der Waals surface area contributed by atoms with Crippen molar-refractivity contribution in [2.45, 2.75) is 45.2 Å². The van der Waals surface area contributed by atoms with Crippen LogP contribution in [0.15, 0.2) is 30.3 Å². The number of hydrazine groups is 1. The maximum absolute atomic E-state index is 12.2. The van der Waals surface area contributed by atoms with Gasteiger partial charge in [0, 0.05) is 6.54 Å². The molecule has 0 aliphatic carbocycles. The minimum atomic E-state index is -0.566. The number of hydrogen-bond donors (Lipinski definition) is 4. The second-order valence-corrected chi connectivity index (χ2v) is 4.87. The number of benzene rings is 1. The molecule has 0 saturated heterocycles. The average molecular weight is 292 g/mol. The van der Waals surface area contributed by atoms with E-state index in [4.69, 9.17) is 5.84 Å². The molecule has 116 valence electrons. The van der Waals surface area contributed by atoms with Crippen molar-refractivity contribution in [2.24, 2.45) is 5.84 Å².